The Balaban J connectivity index is 1.62. The molecule has 0 bridgehead atoms. The van der Waals surface area contributed by atoms with Gasteiger partial charge < -0.3 is 4.74 Å². The Morgan fingerprint density at radius 2 is 1.85 bits per heavy atom. The molecule has 1 aliphatic rings. The summed E-state index contributed by atoms with van der Waals surface area (Å²) >= 11 is 1.67. The van der Waals surface area contributed by atoms with Crippen LogP contribution in [0.3, 0.4) is 0 Å². The smallest absolute Gasteiger partial charge is 0.404 e. The van der Waals surface area contributed by atoms with Crippen LogP contribution < -0.4 is 9.46 Å². The fraction of sp³-hybridized carbons (Fsp3) is 0.412. The molecule has 2 heterocycles. The summed E-state index contributed by atoms with van der Waals surface area (Å²) in [7, 11) is -4.12. The fourth-order valence-electron chi connectivity index (χ4n) is 3.00. The minimum absolute atomic E-state index is 0.325. The summed E-state index contributed by atoms with van der Waals surface area (Å²) in [4.78, 5) is 2.97. The lowest BCUT2D eigenvalue weighted by Gasteiger charge is -2.32. The molecule has 0 spiro atoms. The molecule has 0 unspecified atom stereocenters. The van der Waals surface area contributed by atoms with Crippen LogP contribution in [0.5, 0.6) is 5.75 Å². The monoisotopic (exact) mass is 420 g/mol. The molecule has 0 aliphatic carbocycles. The number of nitrogens with zero attached hydrogens (tertiary/aromatic N) is 1. The molecule has 0 saturated carbocycles. The van der Waals surface area contributed by atoms with Crippen molar-refractivity contribution in [2.45, 2.75) is 36.7 Å². The Kier molecular flexibility index (Phi) is 6.09. The van der Waals surface area contributed by atoms with Gasteiger partial charge in [0.2, 0.25) is 10.0 Å². The van der Waals surface area contributed by atoms with Crippen LogP contribution in [0.4, 0.5) is 13.2 Å². The summed E-state index contributed by atoms with van der Waals surface area (Å²) in [5.74, 6) is -0.729. The average molecular weight is 420 g/mol. The number of alkyl halides is 3. The van der Waals surface area contributed by atoms with Crippen LogP contribution in [-0.2, 0) is 16.6 Å². The molecular formula is C17H19F3N2O3S2. The number of halogens is 3. The van der Waals surface area contributed by atoms with Crippen LogP contribution in [0, 0.1) is 0 Å². The molecular weight excluding hydrogens is 401 g/mol. The molecule has 1 fully saturated rings. The zero-order chi connectivity index (χ0) is 19.5. The Morgan fingerprint density at radius 3 is 2.48 bits per heavy atom. The van der Waals surface area contributed by atoms with Crippen molar-refractivity contribution < 1.29 is 26.3 Å². The van der Waals surface area contributed by atoms with Gasteiger partial charge in [0.05, 0.1) is 0 Å². The average Bonchev–Trinajstić information content (AvgIpc) is 3.08. The largest absolute Gasteiger partial charge is 0.573 e. The van der Waals surface area contributed by atoms with Crippen LogP contribution in [0.1, 0.15) is 17.7 Å². The van der Waals surface area contributed by atoms with Crippen molar-refractivity contribution >= 4 is 21.4 Å². The van der Waals surface area contributed by atoms with Crippen LogP contribution >= 0.6 is 11.3 Å². The highest BCUT2D eigenvalue weighted by Gasteiger charge is 2.34. The number of thiophene rings is 1. The van der Waals surface area contributed by atoms with Gasteiger partial charge in [-0.3, -0.25) is 4.90 Å². The zero-order valence-electron chi connectivity index (χ0n) is 14.3. The standard InChI is InChI=1S/C17H19F3N2O3S2/c18-17(19,20)25-15-5-1-2-6-16(15)27(23,24)21-13-7-9-22(10-8-13)12-14-4-3-11-26-14/h1-6,11,13,21H,7-10,12H2. The van der Waals surface area contributed by atoms with E-state index in [9.17, 15) is 21.6 Å². The number of para-hydroxylation sites is 1. The molecule has 1 saturated heterocycles. The molecule has 0 amide bonds. The van der Waals surface area contributed by atoms with E-state index in [1.54, 1.807) is 11.3 Å². The van der Waals surface area contributed by atoms with Gasteiger partial charge in [-0.05, 0) is 36.4 Å². The molecule has 2 aromatic rings. The van der Waals surface area contributed by atoms with Crippen molar-refractivity contribution in [2.75, 3.05) is 13.1 Å². The van der Waals surface area contributed by atoms with E-state index >= 15 is 0 Å². The highest BCUT2D eigenvalue weighted by atomic mass is 32.2. The van der Waals surface area contributed by atoms with Gasteiger partial charge in [0.25, 0.3) is 0 Å². The van der Waals surface area contributed by atoms with Gasteiger partial charge in [-0.15, -0.1) is 24.5 Å². The number of likely N-dealkylation sites (tertiary alicyclic amines) is 1. The number of sulfonamides is 1. The fourth-order valence-corrected chi connectivity index (χ4v) is 5.18. The molecule has 10 heteroatoms. The third kappa shape index (κ3) is 5.68. The maximum Gasteiger partial charge on any atom is 0.573 e. The first-order valence-electron chi connectivity index (χ1n) is 8.35. The van der Waals surface area contributed by atoms with E-state index in [0.29, 0.717) is 25.9 Å². The zero-order valence-corrected chi connectivity index (χ0v) is 15.9. The molecule has 27 heavy (non-hydrogen) atoms. The number of rotatable bonds is 6. The van der Waals surface area contributed by atoms with E-state index in [4.69, 9.17) is 0 Å². The summed E-state index contributed by atoms with van der Waals surface area (Å²) in [6.07, 6.45) is -3.78. The Bertz CT molecular complexity index is 847. The Morgan fingerprint density at radius 1 is 1.15 bits per heavy atom. The number of hydrogen-bond acceptors (Lipinski definition) is 5. The number of piperidine rings is 1. The van der Waals surface area contributed by atoms with Crippen LogP contribution in [0.25, 0.3) is 0 Å². The minimum Gasteiger partial charge on any atom is -0.404 e. The summed E-state index contributed by atoms with van der Waals surface area (Å²) in [6, 6.07) is 8.47. The number of benzene rings is 1. The van der Waals surface area contributed by atoms with E-state index in [1.165, 1.54) is 17.0 Å². The highest BCUT2D eigenvalue weighted by molar-refractivity contribution is 7.89. The lowest BCUT2D eigenvalue weighted by atomic mass is 10.1. The van der Waals surface area contributed by atoms with Crippen LogP contribution in [0.2, 0.25) is 0 Å². The number of nitrogens with one attached hydrogen (secondary N) is 1. The third-order valence-electron chi connectivity index (χ3n) is 4.23. The second-order valence-electron chi connectivity index (χ2n) is 6.25. The molecule has 1 aromatic heterocycles. The molecule has 1 N–H and O–H groups in total. The predicted molar refractivity (Wildman–Crippen MR) is 96.1 cm³/mol. The van der Waals surface area contributed by atoms with Gasteiger partial charge in [0, 0.05) is 30.6 Å². The Hall–Kier alpha value is -1.62. The summed E-state index contributed by atoms with van der Waals surface area (Å²) in [5.41, 5.74) is 0. The van der Waals surface area contributed by atoms with Gasteiger partial charge in [0.1, 0.15) is 10.6 Å². The van der Waals surface area contributed by atoms with Gasteiger partial charge in [-0.1, -0.05) is 18.2 Å². The van der Waals surface area contributed by atoms with Crippen LogP contribution in [-0.4, -0.2) is 38.8 Å². The second kappa shape index (κ2) is 8.17. The van der Waals surface area contributed by atoms with Crippen molar-refractivity contribution in [3.8, 4) is 5.75 Å². The van der Waals surface area contributed by atoms with Gasteiger partial charge >= 0.3 is 6.36 Å². The SMILES string of the molecule is O=S(=O)(NC1CCN(Cc2cccs2)CC1)c1ccccc1OC(F)(F)F. The summed E-state index contributed by atoms with van der Waals surface area (Å²) in [5, 5.41) is 2.01. The summed E-state index contributed by atoms with van der Waals surface area (Å²) in [6.45, 7) is 2.25. The quantitative estimate of drug-likeness (QED) is 0.776. The Labute approximate surface area is 159 Å². The van der Waals surface area contributed by atoms with Gasteiger partial charge in [0.15, 0.2) is 0 Å². The van der Waals surface area contributed by atoms with Gasteiger partial charge in [-0.25, -0.2) is 13.1 Å². The van der Waals surface area contributed by atoms with Crippen molar-refractivity contribution in [3.63, 3.8) is 0 Å². The van der Waals surface area contributed by atoms with Crippen molar-refractivity contribution in [1.82, 2.24) is 9.62 Å². The van der Waals surface area contributed by atoms with E-state index in [2.05, 4.69) is 20.4 Å². The first kappa shape index (κ1) is 20.1. The first-order chi connectivity index (χ1) is 12.7. The molecule has 148 valence electrons. The topological polar surface area (TPSA) is 58.6 Å². The maximum atomic E-state index is 12.6. The normalized spacial score (nSPS) is 17.1. The first-order valence-corrected chi connectivity index (χ1v) is 10.7. The third-order valence-corrected chi connectivity index (χ3v) is 6.65. The molecule has 0 radical (unpaired) electrons. The molecule has 0 atom stereocenters. The van der Waals surface area contributed by atoms with E-state index in [-0.39, 0.29) is 6.04 Å². The molecule has 1 aliphatic heterocycles. The van der Waals surface area contributed by atoms with Gasteiger partial charge in [-0.2, -0.15) is 0 Å². The second-order valence-corrected chi connectivity index (χ2v) is 8.96. The maximum absolute atomic E-state index is 12.6. The van der Waals surface area contributed by atoms with Crippen molar-refractivity contribution in [3.05, 3.63) is 46.7 Å². The lowest BCUT2D eigenvalue weighted by Crippen LogP contribution is -2.44. The van der Waals surface area contributed by atoms with E-state index < -0.39 is 27.0 Å². The number of hydrogen-bond donors (Lipinski definition) is 1. The summed E-state index contributed by atoms with van der Waals surface area (Å²) < 4.78 is 69.1. The lowest BCUT2D eigenvalue weighted by molar-refractivity contribution is -0.275. The minimum atomic E-state index is -4.96. The van der Waals surface area contributed by atoms with Crippen molar-refractivity contribution in [2.24, 2.45) is 0 Å². The molecule has 1 aromatic carbocycles. The predicted octanol–water partition coefficient (Wildman–Crippen LogP) is 3.59. The van der Waals surface area contributed by atoms with E-state index in [0.717, 1.165) is 18.7 Å². The molecule has 5 nitrogen and oxygen atoms in total. The highest BCUT2D eigenvalue weighted by Crippen LogP contribution is 2.30. The van der Waals surface area contributed by atoms with E-state index in [1.807, 2.05) is 11.4 Å². The van der Waals surface area contributed by atoms with Crippen molar-refractivity contribution in [1.29, 1.82) is 0 Å². The molecule has 3 rings (SSSR count). The van der Waals surface area contributed by atoms with Crippen LogP contribution in [0.15, 0.2) is 46.7 Å². The number of ether oxygens (including phenoxy) is 1.